The number of rotatable bonds is 8. The van der Waals surface area contributed by atoms with E-state index in [4.69, 9.17) is 14.2 Å². The molecule has 0 heterocycles. The zero-order valence-corrected chi connectivity index (χ0v) is 17.2. The van der Waals surface area contributed by atoms with Crippen LogP contribution in [-0.2, 0) is 4.79 Å². The number of hydrogen-bond acceptors (Lipinski definition) is 6. The van der Waals surface area contributed by atoms with E-state index in [1.165, 1.54) is 27.5 Å². The first-order valence-electron chi connectivity index (χ1n) is 8.14. The molecule has 9 heteroatoms. The Kier molecular flexibility index (Phi) is 7.82. The number of nitrogens with zero attached hydrogens (tertiary/aromatic N) is 1. The standard InChI is InChI=1S/C19H20BrN3O5/c1-26-15-8-12(9-16(27-2)18(15)28-3)10-22-23-17(24)11-21-19(25)13-6-4-5-7-14(13)20/h4-10H,11H2,1-3H3,(H,21,25)(H,23,24)/b22-10-. The Morgan fingerprint density at radius 2 is 1.71 bits per heavy atom. The quantitative estimate of drug-likeness (QED) is 0.476. The highest BCUT2D eigenvalue weighted by Crippen LogP contribution is 2.37. The average Bonchev–Trinajstić information content (AvgIpc) is 2.71. The number of hydrogen-bond donors (Lipinski definition) is 2. The first kappa shape index (κ1) is 21.2. The maximum Gasteiger partial charge on any atom is 0.259 e. The molecule has 0 aliphatic heterocycles. The zero-order valence-electron chi connectivity index (χ0n) is 15.6. The van der Waals surface area contributed by atoms with Gasteiger partial charge in [-0.05, 0) is 40.2 Å². The number of hydrazone groups is 1. The molecule has 0 unspecified atom stereocenters. The van der Waals surface area contributed by atoms with Gasteiger partial charge in [0.05, 0.1) is 39.7 Å². The van der Waals surface area contributed by atoms with Gasteiger partial charge in [0.1, 0.15) is 0 Å². The molecule has 2 aromatic carbocycles. The average molecular weight is 450 g/mol. The minimum atomic E-state index is -0.468. The van der Waals surface area contributed by atoms with Gasteiger partial charge in [-0.15, -0.1) is 0 Å². The third-order valence-electron chi connectivity index (χ3n) is 3.62. The first-order valence-corrected chi connectivity index (χ1v) is 8.94. The van der Waals surface area contributed by atoms with Crippen molar-refractivity contribution in [2.24, 2.45) is 5.10 Å². The lowest BCUT2D eigenvalue weighted by atomic mass is 10.2. The van der Waals surface area contributed by atoms with Crippen LogP contribution in [0.1, 0.15) is 15.9 Å². The molecule has 0 saturated heterocycles. The molecule has 2 amide bonds. The Morgan fingerprint density at radius 1 is 1.07 bits per heavy atom. The van der Waals surface area contributed by atoms with Gasteiger partial charge in [0.25, 0.3) is 11.8 Å². The lowest BCUT2D eigenvalue weighted by Gasteiger charge is -2.12. The van der Waals surface area contributed by atoms with Crippen molar-refractivity contribution in [2.75, 3.05) is 27.9 Å². The van der Waals surface area contributed by atoms with Crippen LogP contribution in [0.15, 0.2) is 46.0 Å². The van der Waals surface area contributed by atoms with Crippen LogP contribution >= 0.6 is 15.9 Å². The first-order chi connectivity index (χ1) is 13.5. The summed E-state index contributed by atoms with van der Waals surface area (Å²) in [7, 11) is 4.53. The van der Waals surface area contributed by atoms with Crippen LogP contribution in [0.2, 0.25) is 0 Å². The fourth-order valence-electron chi connectivity index (χ4n) is 2.30. The van der Waals surface area contributed by atoms with Gasteiger partial charge >= 0.3 is 0 Å². The van der Waals surface area contributed by atoms with E-state index in [0.29, 0.717) is 32.8 Å². The number of nitrogens with one attached hydrogen (secondary N) is 2. The normalized spacial score (nSPS) is 10.4. The van der Waals surface area contributed by atoms with Crippen molar-refractivity contribution in [1.82, 2.24) is 10.7 Å². The van der Waals surface area contributed by atoms with Gasteiger partial charge in [-0.1, -0.05) is 12.1 Å². The maximum atomic E-state index is 12.1. The molecule has 0 bridgehead atoms. The summed E-state index contributed by atoms with van der Waals surface area (Å²) in [5, 5.41) is 6.41. The lowest BCUT2D eigenvalue weighted by molar-refractivity contribution is -0.120. The number of amides is 2. The van der Waals surface area contributed by atoms with Crippen LogP contribution in [-0.4, -0.2) is 45.9 Å². The van der Waals surface area contributed by atoms with Gasteiger partial charge in [-0.25, -0.2) is 5.43 Å². The maximum absolute atomic E-state index is 12.1. The Bertz CT molecular complexity index is 861. The number of halogens is 1. The molecule has 2 rings (SSSR count). The zero-order chi connectivity index (χ0) is 20.5. The van der Waals surface area contributed by atoms with Crippen LogP contribution in [0.5, 0.6) is 17.2 Å². The molecule has 8 nitrogen and oxygen atoms in total. The molecule has 148 valence electrons. The number of methoxy groups -OCH3 is 3. The van der Waals surface area contributed by atoms with E-state index in [1.807, 2.05) is 0 Å². The van der Waals surface area contributed by atoms with Crippen LogP contribution < -0.4 is 25.0 Å². The van der Waals surface area contributed by atoms with Gasteiger partial charge in [-0.2, -0.15) is 5.10 Å². The summed E-state index contributed by atoms with van der Waals surface area (Å²) < 4.78 is 16.4. The predicted octanol–water partition coefficient (Wildman–Crippen LogP) is 2.35. The monoisotopic (exact) mass is 449 g/mol. The summed E-state index contributed by atoms with van der Waals surface area (Å²) in [4.78, 5) is 23.9. The van der Waals surface area contributed by atoms with Crippen molar-refractivity contribution in [3.8, 4) is 17.2 Å². The Morgan fingerprint density at radius 3 is 2.29 bits per heavy atom. The highest BCUT2D eigenvalue weighted by Gasteiger charge is 2.13. The highest BCUT2D eigenvalue weighted by molar-refractivity contribution is 9.10. The fraction of sp³-hybridized carbons (Fsp3) is 0.211. The summed E-state index contributed by atoms with van der Waals surface area (Å²) in [6, 6.07) is 10.3. The number of benzene rings is 2. The molecule has 0 atom stereocenters. The minimum Gasteiger partial charge on any atom is -0.493 e. The van der Waals surface area contributed by atoms with Crippen LogP contribution in [0.3, 0.4) is 0 Å². The largest absolute Gasteiger partial charge is 0.493 e. The van der Waals surface area contributed by atoms with Crippen molar-refractivity contribution in [1.29, 1.82) is 0 Å². The van der Waals surface area contributed by atoms with Gasteiger partial charge in [0.15, 0.2) is 11.5 Å². The molecule has 0 radical (unpaired) electrons. The van der Waals surface area contributed by atoms with E-state index in [2.05, 4.69) is 31.8 Å². The van der Waals surface area contributed by atoms with Crippen molar-refractivity contribution in [2.45, 2.75) is 0 Å². The van der Waals surface area contributed by atoms with Gasteiger partial charge in [0.2, 0.25) is 5.75 Å². The number of carbonyl (C=O) groups is 2. The molecular weight excluding hydrogens is 430 g/mol. The summed E-state index contributed by atoms with van der Waals surface area (Å²) >= 11 is 3.29. The lowest BCUT2D eigenvalue weighted by Crippen LogP contribution is -2.35. The van der Waals surface area contributed by atoms with Gasteiger partial charge < -0.3 is 19.5 Å². The molecule has 0 spiro atoms. The van der Waals surface area contributed by atoms with Crippen molar-refractivity contribution >= 4 is 34.0 Å². The molecule has 0 aromatic heterocycles. The molecule has 0 aliphatic carbocycles. The topological polar surface area (TPSA) is 98.2 Å². The second-order valence-corrected chi connectivity index (χ2v) is 6.27. The summed E-state index contributed by atoms with van der Waals surface area (Å²) in [6.07, 6.45) is 1.43. The third kappa shape index (κ3) is 5.46. The minimum absolute atomic E-state index is 0.216. The van der Waals surface area contributed by atoms with E-state index >= 15 is 0 Å². The predicted molar refractivity (Wildman–Crippen MR) is 108 cm³/mol. The fourth-order valence-corrected chi connectivity index (χ4v) is 2.76. The SMILES string of the molecule is COc1cc(/C=N\NC(=O)CNC(=O)c2ccccc2Br)cc(OC)c1OC. The number of carbonyl (C=O) groups excluding carboxylic acids is 2. The van der Waals surface area contributed by atoms with Crippen molar-refractivity contribution < 1.29 is 23.8 Å². The van der Waals surface area contributed by atoms with E-state index in [-0.39, 0.29) is 12.5 Å². The van der Waals surface area contributed by atoms with E-state index in [0.717, 1.165) is 0 Å². The van der Waals surface area contributed by atoms with E-state index in [1.54, 1.807) is 36.4 Å². The van der Waals surface area contributed by atoms with Gasteiger partial charge in [0, 0.05) is 10.0 Å². The second-order valence-electron chi connectivity index (χ2n) is 5.41. The Balaban J connectivity index is 1.94. The molecule has 28 heavy (non-hydrogen) atoms. The second kappa shape index (κ2) is 10.3. The molecule has 0 fully saturated rings. The van der Waals surface area contributed by atoms with Crippen molar-refractivity contribution in [3.05, 3.63) is 52.0 Å². The summed E-state index contributed by atoms with van der Waals surface area (Å²) in [5.74, 6) is 0.562. The molecular formula is C19H20BrN3O5. The summed E-state index contributed by atoms with van der Waals surface area (Å²) in [6.45, 7) is -0.216. The molecule has 0 saturated carbocycles. The van der Waals surface area contributed by atoms with Gasteiger partial charge in [-0.3, -0.25) is 9.59 Å². The Hall–Kier alpha value is -3.07. The molecule has 2 N–H and O–H groups in total. The van der Waals surface area contributed by atoms with Crippen LogP contribution in [0.4, 0.5) is 0 Å². The van der Waals surface area contributed by atoms with E-state index in [9.17, 15) is 9.59 Å². The number of ether oxygens (including phenoxy) is 3. The van der Waals surface area contributed by atoms with Crippen molar-refractivity contribution in [3.63, 3.8) is 0 Å². The van der Waals surface area contributed by atoms with Crippen LogP contribution in [0.25, 0.3) is 0 Å². The smallest absolute Gasteiger partial charge is 0.259 e. The third-order valence-corrected chi connectivity index (χ3v) is 4.31. The molecule has 0 aliphatic rings. The van der Waals surface area contributed by atoms with E-state index < -0.39 is 5.91 Å². The highest BCUT2D eigenvalue weighted by atomic mass is 79.9. The molecule has 2 aromatic rings. The van der Waals surface area contributed by atoms with Crippen LogP contribution in [0, 0.1) is 0 Å². The Labute approximate surface area is 171 Å². The summed E-state index contributed by atoms with van der Waals surface area (Å²) in [5.41, 5.74) is 3.42.